The Bertz CT molecular complexity index is 985. The summed E-state index contributed by atoms with van der Waals surface area (Å²) < 4.78 is 20.8. The molecular formula is C22H22FN3O2. The SMILES string of the molecule is Cc1nn(CC(=O)NC2CCCOc3cc(F)ccc32)cc1-c1ccccc1. The summed E-state index contributed by atoms with van der Waals surface area (Å²) in [6.07, 6.45) is 3.43. The van der Waals surface area contributed by atoms with E-state index in [4.69, 9.17) is 4.74 Å². The van der Waals surface area contributed by atoms with Crippen LogP contribution in [0.15, 0.2) is 54.7 Å². The van der Waals surface area contributed by atoms with E-state index in [1.54, 1.807) is 10.7 Å². The molecule has 1 N–H and O–H groups in total. The number of ether oxygens (including phenoxy) is 1. The predicted octanol–water partition coefficient (Wildman–Crippen LogP) is 4.03. The van der Waals surface area contributed by atoms with Crippen LogP contribution in [0, 0.1) is 12.7 Å². The minimum absolute atomic E-state index is 0.127. The molecule has 1 amide bonds. The van der Waals surface area contributed by atoms with Crippen molar-refractivity contribution in [1.82, 2.24) is 15.1 Å². The molecule has 28 heavy (non-hydrogen) atoms. The molecule has 1 unspecified atom stereocenters. The summed E-state index contributed by atoms with van der Waals surface area (Å²) >= 11 is 0. The summed E-state index contributed by atoms with van der Waals surface area (Å²) in [5.41, 5.74) is 3.78. The van der Waals surface area contributed by atoms with Gasteiger partial charge in [-0.15, -0.1) is 0 Å². The predicted molar refractivity (Wildman–Crippen MR) is 104 cm³/mol. The normalized spacial score (nSPS) is 16.0. The molecular weight excluding hydrogens is 357 g/mol. The maximum absolute atomic E-state index is 13.5. The third-order valence-corrected chi connectivity index (χ3v) is 4.92. The zero-order valence-electron chi connectivity index (χ0n) is 15.7. The first-order chi connectivity index (χ1) is 13.6. The number of rotatable bonds is 4. The molecule has 0 fully saturated rings. The number of carbonyl (C=O) groups excluding carboxylic acids is 1. The molecule has 1 aliphatic rings. The highest BCUT2D eigenvalue weighted by molar-refractivity contribution is 5.76. The van der Waals surface area contributed by atoms with Crippen LogP contribution in [-0.2, 0) is 11.3 Å². The van der Waals surface area contributed by atoms with E-state index in [1.165, 1.54) is 12.1 Å². The Morgan fingerprint density at radius 3 is 2.93 bits per heavy atom. The monoisotopic (exact) mass is 379 g/mol. The van der Waals surface area contributed by atoms with Crippen LogP contribution < -0.4 is 10.1 Å². The van der Waals surface area contributed by atoms with Crippen molar-refractivity contribution in [2.75, 3.05) is 6.61 Å². The first kappa shape index (κ1) is 18.2. The van der Waals surface area contributed by atoms with Crippen molar-refractivity contribution >= 4 is 5.91 Å². The van der Waals surface area contributed by atoms with Crippen molar-refractivity contribution in [3.8, 4) is 16.9 Å². The number of amides is 1. The molecule has 1 aromatic heterocycles. The van der Waals surface area contributed by atoms with E-state index in [0.717, 1.165) is 35.2 Å². The van der Waals surface area contributed by atoms with Gasteiger partial charge in [0.2, 0.25) is 5.91 Å². The Morgan fingerprint density at radius 1 is 1.29 bits per heavy atom. The molecule has 0 saturated heterocycles. The summed E-state index contributed by atoms with van der Waals surface area (Å²) in [4.78, 5) is 12.6. The van der Waals surface area contributed by atoms with Crippen LogP contribution >= 0.6 is 0 Å². The fraction of sp³-hybridized carbons (Fsp3) is 0.273. The van der Waals surface area contributed by atoms with Crippen LogP contribution in [0.3, 0.4) is 0 Å². The molecule has 1 aliphatic heterocycles. The standard InChI is InChI=1S/C22H22FN3O2/c1-15-19(16-6-3-2-4-7-16)13-26(25-15)14-22(27)24-20-8-5-11-28-21-12-17(23)9-10-18(20)21/h2-4,6-7,9-10,12-13,20H,5,8,11,14H2,1H3,(H,24,27). The fourth-order valence-electron chi connectivity index (χ4n) is 3.58. The summed E-state index contributed by atoms with van der Waals surface area (Å²) in [6.45, 7) is 2.58. The van der Waals surface area contributed by atoms with Crippen LogP contribution in [0.25, 0.3) is 11.1 Å². The lowest BCUT2D eigenvalue weighted by Gasteiger charge is -2.18. The summed E-state index contributed by atoms with van der Waals surface area (Å²) in [6, 6.07) is 14.2. The number of hydrogen-bond donors (Lipinski definition) is 1. The van der Waals surface area contributed by atoms with Gasteiger partial charge in [0.05, 0.1) is 18.3 Å². The number of aryl methyl sites for hydroxylation is 1. The molecule has 144 valence electrons. The lowest BCUT2D eigenvalue weighted by atomic mass is 10.0. The van der Waals surface area contributed by atoms with Crippen LogP contribution in [0.1, 0.15) is 30.1 Å². The fourth-order valence-corrected chi connectivity index (χ4v) is 3.58. The molecule has 3 aromatic rings. The first-order valence-electron chi connectivity index (χ1n) is 9.41. The second kappa shape index (κ2) is 7.84. The summed E-state index contributed by atoms with van der Waals surface area (Å²) in [5, 5.41) is 7.53. The van der Waals surface area contributed by atoms with E-state index in [-0.39, 0.29) is 24.3 Å². The van der Waals surface area contributed by atoms with E-state index in [0.29, 0.717) is 12.4 Å². The van der Waals surface area contributed by atoms with Crippen molar-refractivity contribution in [2.45, 2.75) is 32.4 Å². The Morgan fingerprint density at radius 2 is 2.11 bits per heavy atom. The molecule has 0 aliphatic carbocycles. The number of nitrogens with one attached hydrogen (secondary N) is 1. The van der Waals surface area contributed by atoms with Crippen LogP contribution in [-0.4, -0.2) is 22.3 Å². The van der Waals surface area contributed by atoms with Gasteiger partial charge in [-0.2, -0.15) is 5.10 Å². The van der Waals surface area contributed by atoms with Gasteiger partial charge in [-0.25, -0.2) is 4.39 Å². The highest BCUT2D eigenvalue weighted by atomic mass is 19.1. The van der Waals surface area contributed by atoms with Gasteiger partial charge >= 0.3 is 0 Å². The molecule has 0 bridgehead atoms. The third-order valence-electron chi connectivity index (χ3n) is 4.92. The van der Waals surface area contributed by atoms with Gasteiger partial charge in [0, 0.05) is 23.4 Å². The Hall–Kier alpha value is -3.15. The van der Waals surface area contributed by atoms with Crippen molar-refractivity contribution in [2.24, 2.45) is 0 Å². The van der Waals surface area contributed by atoms with Crippen LogP contribution in [0.4, 0.5) is 4.39 Å². The Kier molecular flexibility index (Phi) is 5.10. The number of halogens is 1. The molecule has 4 rings (SSSR count). The lowest BCUT2D eigenvalue weighted by molar-refractivity contribution is -0.122. The van der Waals surface area contributed by atoms with E-state index in [9.17, 15) is 9.18 Å². The second-order valence-corrected chi connectivity index (χ2v) is 6.98. The molecule has 0 saturated carbocycles. The average Bonchev–Trinajstić information content (AvgIpc) is 2.93. The first-order valence-corrected chi connectivity index (χ1v) is 9.41. The quantitative estimate of drug-likeness (QED) is 0.745. The summed E-state index contributed by atoms with van der Waals surface area (Å²) in [5.74, 6) is 0.0274. The molecule has 0 spiro atoms. The number of benzene rings is 2. The molecule has 2 heterocycles. The van der Waals surface area contributed by atoms with Crippen LogP contribution in [0.2, 0.25) is 0 Å². The van der Waals surface area contributed by atoms with Gasteiger partial charge in [-0.1, -0.05) is 36.4 Å². The number of aromatic nitrogens is 2. The molecule has 5 nitrogen and oxygen atoms in total. The van der Waals surface area contributed by atoms with Crippen molar-refractivity contribution in [3.05, 3.63) is 71.8 Å². The van der Waals surface area contributed by atoms with E-state index >= 15 is 0 Å². The van der Waals surface area contributed by atoms with Gasteiger partial charge in [-0.3, -0.25) is 9.48 Å². The van der Waals surface area contributed by atoms with E-state index in [1.807, 2.05) is 43.5 Å². The minimum Gasteiger partial charge on any atom is -0.493 e. The zero-order valence-corrected chi connectivity index (χ0v) is 15.7. The van der Waals surface area contributed by atoms with Crippen molar-refractivity contribution in [1.29, 1.82) is 0 Å². The van der Waals surface area contributed by atoms with Crippen molar-refractivity contribution in [3.63, 3.8) is 0 Å². The topological polar surface area (TPSA) is 56.2 Å². The van der Waals surface area contributed by atoms with Crippen LogP contribution in [0.5, 0.6) is 5.75 Å². The number of nitrogens with zero attached hydrogens (tertiary/aromatic N) is 2. The number of hydrogen-bond acceptors (Lipinski definition) is 3. The van der Waals surface area contributed by atoms with Crippen molar-refractivity contribution < 1.29 is 13.9 Å². The molecule has 2 aromatic carbocycles. The van der Waals surface area contributed by atoms with E-state index in [2.05, 4.69) is 10.4 Å². The smallest absolute Gasteiger partial charge is 0.242 e. The highest BCUT2D eigenvalue weighted by Gasteiger charge is 2.22. The maximum Gasteiger partial charge on any atom is 0.242 e. The molecule has 0 radical (unpaired) electrons. The zero-order chi connectivity index (χ0) is 19.5. The maximum atomic E-state index is 13.5. The number of fused-ring (bicyclic) bond motifs is 1. The summed E-state index contributed by atoms with van der Waals surface area (Å²) in [7, 11) is 0. The van der Waals surface area contributed by atoms with Gasteiger partial charge in [0.25, 0.3) is 0 Å². The highest BCUT2D eigenvalue weighted by Crippen LogP contribution is 2.32. The minimum atomic E-state index is -0.341. The van der Waals surface area contributed by atoms with E-state index < -0.39 is 0 Å². The average molecular weight is 379 g/mol. The second-order valence-electron chi connectivity index (χ2n) is 6.98. The Balaban J connectivity index is 1.48. The lowest BCUT2D eigenvalue weighted by Crippen LogP contribution is -2.31. The van der Waals surface area contributed by atoms with Gasteiger partial charge in [-0.05, 0) is 31.4 Å². The van der Waals surface area contributed by atoms with Gasteiger partial charge in [0.15, 0.2) is 0 Å². The molecule has 6 heteroatoms. The Labute approximate surface area is 163 Å². The third kappa shape index (κ3) is 3.91. The van der Waals surface area contributed by atoms with Gasteiger partial charge < -0.3 is 10.1 Å². The number of carbonyl (C=O) groups is 1. The largest absolute Gasteiger partial charge is 0.493 e. The molecule has 1 atom stereocenters. The van der Waals surface area contributed by atoms with Gasteiger partial charge in [0.1, 0.15) is 18.1 Å².